The lowest BCUT2D eigenvalue weighted by Crippen LogP contribution is -2.14. The van der Waals surface area contributed by atoms with Crippen LogP contribution in [-0.2, 0) is 0 Å². The molecule has 0 aromatic heterocycles. The topological polar surface area (TPSA) is 38.3 Å². The summed E-state index contributed by atoms with van der Waals surface area (Å²) in [5.41, 5.74) is 0.946. The first kappa shape index (κ1) is 14.0. The fourth-order valence-electron chi connectivity index (χ4n) is 1.86. The van der Waals surface area contributed by atoms with Crippen molar-refractivity contribution >= 4 is 11.6 Å². The molecule has 0 bridgehead atoms. The van der Waals surface area contributed by atoms with Crippen LogP contribution in [0.1, 0.15) is 15.9 Å². The number of hydrogen-bond donors (Lipinski definition) is 1. The Morgan fingerprint density at radius 3 is 2.60 bits per heavy atom. The van der Waals surface area contributed by atoms with Crippen LogP contribution in [0.2, 0.25) is 0 Å². The minimum atomic E-state index is -0.820. The van der Waals surface area contributed by atoms with Crippen molar-refractivity contribution in [1.29, 1.82) is 0 Å². The van der Waals surface area contributed by atoms with Gasteiger partial charge in [0, 0.05) is 17.2 Å². The van der Waals surface area contributed by atoms with E-state index in [0.717, 1.165) is 6.07 Å². The Morgan fingerprint density at radius 2 is 1.95 bits per heavy atom. The van der Waals surface area contributed by atoms with Crippen LogP contribution in [-0.4, -0.2) is 13.0 Å². The maximum Gasteiger partial charge on any atom is 0.256 e. The smallest absolute Gasteiger partial charge is 0.256 e. The molecule has 0 saturated carbocycles. The predicted octanol–water partition coefficient (Wildman–Crippen LogP) is 3.53. The highest BCUT2D eigenvalue weighted by molar-refractivity contribution is 6.05. The van der Waals surface area contributed by atoms with E-state index in [0.29, 0.717) is 22.9 Å². The van der Waals surface area contributed by atoms with Gasteiger partial charge in [-0.25, -0.2) is 8.78 Å². The molecule has 0 unspecified atom stereocenters. The zero-order chi connectivity index (χ0) is 14.7. The fourth-order valence-corrected chi connectivity index (χ4v) is 1.86. The van der Waals surface area contributed by atoms with E-state index in [1.165, 1.54) is 13.2 Å². The maximum absolute atomic E-state index is 13.5. The molecule has 104 valence electrons. The number of nitrogens with one attached hydrogen (secondary N) is 1. The van der Waals surface area contributed by atoms with Crippen molar-refractivity contribution in [3.8, 4) is 5.75 Å². The first-order valence-electron chi connectivity index (χ1n) is 5.93. The third kappa shape index (κ3) is 2.77. The Kier molecular flexibility index (Phi) is 3.98. The number of amides is 1. The lowest BCUT2D eigenvalue weighted by Gasteiger charge is -2.11. The van der Waals surface area contributed by atoms with Crippen molar-refractivity contribution < 1.29 is 18.3 Å². The zero-order valence-corrected chi connectivity index (χ0v) is 11.0. The number of carbonyl (C=O) groups excluding carboxylic acids is 1. The largest absolute Gasteiger partial charge is 0.496 e. The van der Waals surface area contributed by atoms with Crippen LogP contribution in [0.3, 0.4) is 0 Å². The first-order valence-corrected chi connectivity index (χ1v) is 5.93. The molecule has 1 N–H and O–H groups in total. The summed E-state index contributed by atoms with van der Waals surface area (Å²) in [4.78, 5) is 12.1. The van der Waals surface area contributed by atoms with E-state index in [-0.39, 0.29) is 5.69 Å². The average molecular weight is 277 g/mol. The molecule has 0 atom stereocenters. The minimum Gasteiger partial charge on any atom is -0.496 e. The van der Waals surface area contributed by atoms with Crippen molar-refractivity contribution in [2.45, 2.75) is 6.92 Å². The Hall–Kier alpha value is -2.43. The number of anilines is 1. The van der Waals surface area contributed by atoms with Crippen molar-refractivity contribution in [3.63, 3.8) is 0 Å². The third-order valence-electron chi connectivity index (χ3n) is 2.93. The quantitative estimate of drug-likeness (QED) is 0.932. The summed E-state index contributed by atoms with van der Waals surface area (Å²) in [6.45, 7) is 1.73. The average Bonchev–Trinajstić information content (AvgIpc) is 2.42. The highest BCUT2D eigenvalue weighted by Crippen LogP contribution is 2.22. The molecule has 2 aromatic rings. The summed E-state index contributed by atoms with van der Waals surface area (Å²) < 4.78 is 31.4. The molecule has 0 radical (unpaired) electrons. The van der Waals surface area contributed by atoms with E-state index in [1.807, 2.05) is 0 Å². The van der Waals surface area contributed by atoms with Gasteiger partial charge in [0.05, 0.1) is 12.8 Å². The van der Waals surface area contributed by atoms with Crippen LogP contribution in [0.25, 0.3) is 0 Å². The second kappa shape index (κ2) is 5.69. The Morgan fingerprint density at radius 1 is 1.20 bits per heavy atom. The first-order chi connectivity index (χ1) is 9.52. The van der Waals surface area contributed by atoms with Crippen molar-refractivity contribution in [1.82, 2.24) is 0 Å². The van der Waals surface area contributed by atoms with E-state index >= 15 is 0 Å². The van der Waals surface area contributed by atoms with Gasteiger partial charge in [0.25, 0.3) is 5.91 Å². The van der Waals surface area contributed by atoms with Gasteiger partial charge in [-0.2, -0.15) is 0 Å². The summed E-state index contributed by atoms with van der Waals surface area (Å²) in [5, 5.41) is 2.41. The summed E-state index contributed by atoms with van der Waals surface area (Å²) in [6.07, 6.45) is 0. The monoisotopic (exact) mass is 277 g/mol. The van der Waals surface area contributed by atoms with E-state index in [9.17, 15) is 13.6 Å². The van der Waals surface area contributed by atoms with Crippen molar-refractivity contribution in [2.75, 3.05) is 12.4 Å². The lowest BCUT2D eigenvalue weighted by atomic mass is 10.1. The van der Waals surface area contributed by atoms with Gasteiger partial charge in [-0.1, -0.05) is 6.07 Å². The van der Waals surface area contributed by atoms with Crippen molar-refractivity contribution in [3.05, 3.63) is 59.2 Å². The lowest BCUT2D eigenvalue weighted by molar-refractivity contribution is 0.102. The number of hydrogen-bond acceptors (Lipinski definition) is 2. The summed E-state index contributed by atoms with van der Waals surface area (Å²) in [7, 11) is 1.50. The Labute approximate surface area is 115 Å². The molecule has 2 aromatic carbocycles. The second-order valence-electron chi connectivity index (χ2n) is 4.21. The molecular weight excluding hydrogens is 264 g/mol. The van der Waals surface area contributed by atoms with Crippen LogP contribution in [0.4, 0.5) is 14.5 Å². The molecule has 0 heterocycles. The normalized spacial score (nSPS) is 10.2. The van der Waals surface area contributed by atoms with Crippen LogP contribution in [0, 0.1) is 18.6 Å². The van der Waals surface area contributed by atoms with Crippen LogP contribution < -0.4 is 10.1 Å². The van der Waals surface area contributed by atoms with E-state index in [2.05, 4.69) is 5.32 Å². The molecule has 0 fully saturated rings. The van der Waals surface area contributed by atoms with Gasteiger partial charge < -0.3 is 10.1 Å². The van der Waals surface area contributed by atoms with E-state index in [1.54, 1.807) is 25.1 Å². The van der Waals surface area contributed by atoms with E-state index < -0.39 is 17.5 Å². The number of methoxy groups -OCH3 is 1. The summed E-state index contributed by atoms with van der Waals surface area (Å²) in [5.74, 6) is -1.43. The number of carbonyl (C=O) groups is 1. The number of benzene rings is 2. The minimum absolute atomic E-state index is 0.0707. The van der Waals surface area contributed by atoms with Gasteiger partial charge in [-0.05, 0) is 31.2 Å². The third-order valence-corrected chi connectivity index (χ3v) is 2.93. The van der Waals surface area contributed by atoms with Crippen molar-refractivity contribution in [2.24, 2.45) is 0 Å². The van der Waals surface area contributed by atoms with Crippen LogP contribution in [0.15, 0.2) is 36.4 Å². The van der Waals surface area contributed by atoms with Gasteiger partial charge in [0.1, 0.15) is 17.4 Å². The number of rotatable bonds is 3. The van der Waals surface area contributed by atoms with Gasteiger partial charge in [-0.15, -0.1) is 0 Å². The zero-order valence-electron chi connectivity index (χ0n) is 11.0. The molecule has 0 aliphatic heterocycles. The number of ether oxygens (including phenoxy) is 1. The second-order valence-corrected chi connectivity index (χ2v) is 4.21. The Bertz CT molecular complexity index is 656. The molecule has 20 heavy (non-hydrogen) atoms. The van der Waals surface area contributed by atoms with Gasteiger partial charge in [0.15, 0.2) is 0 Å². The van der Waals surface area contributed by atoms with Gasteiger partial charge >= 0.3 is 0 Å². The van der Waals surface area contributed by atoms with E-state index in [4.69, 9.17) is 4.74 Å². The number of halogens is 2. The molecule has 3 nitrogen and oxygen atoms in total. The molecule has 0 spiro atoms. The molecule has 0 saturated heterocycles. The summed E-state index contributed by atoms with van der Waals surface area (Å²) >= 11 is 0. The standard InChI is InChI=1S/C15H13F2NO2/c1-9-11(4-3-5-14(9)20-2)15(19)18-13-7-6-10(16)8-12(13)17/h3-8H,1-2H3,(H,18,19). The van der Waals surface area contributed by atoms with Gasteiger partial charge in [-0.3, -0.25) is 4.79 Å². The molecular formula is C15H13F2NO2. The SMILES string of the molecule is COc1cccc(C(=O)Nc2ccc(F)cc2F)c1C. The molecule has 5 heteroatoms. The molecule has 0 aliphatic rings. The van der Waals surface area contributed by atoms with Crippen LogP contribution >= 0.6 is 0 Å². The molecule has 0 aliphatic carbocycles. The van der Waals surface area contributed by atoms with Crippen LogP contribution in [0.5, 0.6) is 5.75 Å². The Balaban J connectivity index is 2.28. The summed E-state index contributed by atoms with van der Waals surface area (Å²) in [6, 6.07) is 7.98. The maximum atomic E-state index is 13.5. The highest BCUT2D eigenvalue weighted by atomic mass is 19.1. The van der Waals surface area contributed by atoms with Gasteiger partial charge in [0.2, 0.25) is 0 Å². The molecule has 2 rings (SSSR count). The highest BCUT2D eigenvalue weighted by Gasteiger charge is 2.14. The predicted molar refractivity (Wildman–Crippen MR) is 72.0 cm³/mol. The molecule has 1 amide bonds. The fraction of sp³-hybridized carbons (Fsp3) is 0.133.